The molecular formula is C16H18N4O4. The average Bonchev–Trinajstić information content (AvgIpc) is 2.93. The number of nitrogens with two attached hydrogens (primary N) is 1. The number of hydrogen-bond donors (Lipinski definition) is 2. The molecule has 126 valence electrons. The monoisotopic (exact) mass is 330 g/mol. The Morgan fingerprint density at radius 3 is 2.83 bits per heavy atom. The van der Waals surface area contributed by atoms with Gasteiger partial charge in [0.1, 0.15) is 0 Å². The van der Waals surface area contributed by atoms with Crippen LogP contribution in [-0.4, -0.2) is 39.8 Å². The number of aromatic nitrogens is 1. The Bertz CT molecular complexity index is 876. The van der Waals surface area contributed by atoms with E-state index in [-0.39, 0.29) is 29.1 Å². The first-order valence-electron chi connectivity index (χ1n) is 7.73. The summed E-state index contributed by atoms with van der Waals surface area (Å²) in [4.78, 5) is 39.6. The number of aromatic amines is 1. The number of fused-ring (bicyclic) bond motifs is 1. The minimum atomic E-state index is -0.526. The van der Waals surface area contributed by atoms with Crippen molar-refractivity contribution in [1.82, 2.24) is 9.88 Å². The van der Waals surface area contributed by atoms with Gasteiger partial charge in [0.05, 0.1) is 10.5 Å². The number of nitrogens with zero attached hydrogens (tertiary/aromatic N) is 2. The van der Waals surface area contributed by atoms with Crippen molar-refractivity contribution in [2.24, 2.45) is 11.7 Å². The second-order valence-electron chi connectivity index (χ2n) is 6.18. The van der Waals surface area contributed by atoms with Crippen molar-refractivity contribution in [2.75, 3.05) is 13.1 Å². The van der Waals surface area contributed by atoms with Crippen molar-refractivity contribution >= 4 is 22.5 Å². The highest BCUT2D eigenvalue weighted by molar-refractivity contribution is 6.06. The number of carbonyl (C=O) groups excluding carboxylic acids is 1. The van der Waals surface area contributed by atoms with E-state index >= 15 is 0 Å². The van der Waals surface area contributed by atoms with Crippen molar-refractivity contribution in [3.05, 3.63) is 50.3 Å². The summed E-state index contributed by atoms with van der Waals surface area (Å²) in [6.45, 7) is 2.96. The number of nitrogens with one attached hydrogen (secondary N) is 1. The van der Waals surface area contributed by atoms with Gasteiger partial charge in [-0.1, -0.05) is 0 Å². The van der Waals surface area contributed by atoms with E-state index in [1.165, 1.54) is 24.3 Å². The predicted octanol–water partition coefficient (Wildman–Crippen LogP) is 1.25. The molecule has 1 amide bonds. The molecule has 1 aromatic heterocycles. The second-order valence-corrected chi connectivity index (χ2v) is 6.18. The summed E-state index contributed by atoms with van der Waals surface area (Å²) in [5.74, 6) is -0.0680. The van der Waals surface area contributed by atoms with Crippen molar-refractivity contribution in [1.29, 1.82) is 0 Å². The zero-order valence-corrected chi connectivity index (χ0v) is 13.2. The molecular weight excluding hydrogens is 312 g/mol. The first-order chi connectivity index (χ1) is 11.4. The number of nitro benzene ring substituents is 1. The molecule has 2 unspecified atom stereocenters. The number of nitro groups is 1. The lowest BCUT2D eigenvalue weighted by atomic mass is 10.1. The van der Waals surface area contributed by atoms with Crippen molar-refractivity contribution in [3.63, 3.8) is 0 Å². The van der Waals surface area contributed by atoms with Crippen LogP contribution in [0.15, 0.2) is 29.1 Å². The molecule has 1 aliphatic rings. The second kappa shape index (κ2) is 6.04. The molecule has 24 heavy (non-hydrogen) atoms. The Labute approximate surface area is 137 Å². The summed E-state index contributed by atoms with van der Waals surface area (Å²) in [6.07, 6.45) is 0.809. The molecule has 1 saturated heterocycles. The van der Waals surface area contributed by atoms with E-state index in [0.29, 0.717) is 24.0 Å². The summed E-state index contributed by atoms with van der Waals surface area (Å²) in [5, 5.41) is 11.4. The van der Waals surface area contributed by atoms with E-state index in [0.717, 1.165) is 6.42 Å². The third kappa shape index (κ3) is 2.76. The maximum absolute atomic E-state index is 12.9. The van der Waals surface area contributed by atoms with Gasteiger partial charge in [-0.2, -0.15) is 0 Å². The van der Waals surface area contributed by atoms with E-state index in [1.54, 1.807) is 4.90 Å². The fraction of sp³-hybridized carbons (Fsp3) is 0.375. The fourth-order valence-corrected chi connectivity index (χ4v) is 3.28. The molecule has 2 heterocycles. The number of hydrogen-bond acceptors (Lipinski definition) is 5. The van der Waals surface area contributed by atoms with Gasteiger partial charge in [-0.3, -0.25) is 19.7 Å². The fourth-order valence-electron chi connectivity index (χ4n) is 3.28. The summed E-state index contributed by atoms with van der Waals surface area (Å²) in [7, 11) is 0. The van der Waals surface area contributed by atoms with Gasteiger partial charge in [0.2, 0.25) is 5.56 Å². The highest BCUT2D eigenvalue weighted by atomic mass is 16.6. The van der Waals surface area contributed by atoms with E-state index < -0.39 is 10.5 Å². The Morgan fingerprint density at radius 1 is 1.46 bits per heavy atom. The van der Waals surface area contributed by atoms with Crippen LogP contribution in [0.2, 0.25) is 0 Å². The maximum atomic E-state index is 12.9. The molecule has 0 saturated carbocycles. The molecule has 0 spiro atoms. The standard InChI is InChI=1S/C16H18N4O4/c1-9-4-10(7-17)8-19(9)16(22)13-6-15(21)18-14-3-2-11(20(23)24)5-12(13)14/h2-3,5-6,9-10H,4,7-8,17H2,1H3,(H,18,21). The average molecular weight is 330 g/mol. The molecule has 0 aliphatic carbocycles. The van der Waals surface area contributed by atoms with Crippen LogP contribution in [0.4, 0.5) is 5.69 Å². The number of H-pyrrole nitrogens is 1. The summed E-state index contributed by atoms with van der Waals surface area (Å²) in [6, 6.07) is 5.28. The lowest BCUT2D eigenvalue weighted by molar-refractivity contribution is -0.384. The minimum Gasteiger partial charge on any atom is -0.336 e. The van der Waals surface area contributed by atoms with Crippen molar-refractivity contribution < 1.29 is 9.72 Å². The third-order valence-corrected chi connectivity index (χ3v) is 4.52. The normalized spacial score (nSPS) is 20.5. The van der Waals surface area contributed by atoms with E-state index in [4.69, 9.17) is 5.73 Å². The smallest absolute Gasteiger partial charge is 0.270 e. The van der Waals surface area contributed by atoms with Gasteiger partial charge in [-0.05, 0) is 31.9 Å². The van der Waals surface area contributed by atoms with Crippen LogP contribution >= 0.6 is 0 Å². The topological polar surface area (TPSA) is 122 Å². The van der Waals surface area contributed by atoms with Gasteiger partial charge >= 0.3 is 0 Å². The molecule has 0 radical (unpaired) electrons. The molecule has 3 N–H and O–H groups in total. The van der Waals surface area contributed by atoms with Gasteiger partial charge in [-0.15, -0.1) is 0 Å². The molecule has 1 aliphatic heterocycles. The summed E-state index contributed by atoms with van der Waals surface area (Å²) < 4.78 is 0. The molecule has 0 bridgehead atoms. The highest BCUT2D eigenvalue weighted by Crippen LogP contribution is 2.27. The number of benzene rings is 1. The number of carbonyl (C=O) groups is 1. The molecule has 1 fully saturated rings. The molecule has 8 nitrogen and oxygen atoms in total. The van der Waals surface area contributed by atoms with E-state index in [9.17, 15) is 19.7 Å². The maximum Gasteiger partial charge on any atom is 0.270 e. The van der Waals surface area contributed by atoms with Crippen LogP contribution in [0, 0.1) is 16.0 Å². The number of rotatable bonds is 3. The van der Waals surface area contributed by atoms with Crippen LogP contribution in [-0.2, 0) is 0 Å². The van der Waals surface area contributed by atoms with Crippen LogP contribution in [0.1, 0.15) is 23.7 Å². The van der Waals surface area contributed by atoms with Crippen molar-refractivity contribution in [3.8, 4) is 0 Å². The molecule has 3 rings (SSSR count). The third-order valence-electron chi connectivity index (χ3n) is 4.52. The number of pyridine rings is 1. The van der Waals surface area contributed by atoms with E-state index in [1.807, 2.05) is 6.92 Å². The minimum absolute atomic E-state index is 0.0130. The first kappa shape index (κ1) is 16.1. The predicted molar refractivity (Wildman–Crippen MR) is 88.9 cm³/mol. The van der Waals surface area contributed by atoms with Gasteiger partial charge in [-0.25, -0.2) is 0 Å². The quantitative estimate of drug-likeness (QED) is 0.647. The first-order valence-corrected chi connectivity index (χ1v) is 7.73. The zero-order chi connectivity index (χ0) is 17.4. The van der Waals surface area contributed by atoms with Crippen LogP contribution in [0.5, 0.6) is 0 Å². The Morgan fingerprint density at radius 2 is 2.21 bits per heavy atom. The Balaban J connectivity index is 2.10. The van der Waals surface area contributed by atoms with Gasteiger partial charge in [0, 0.05) is 41.7 Å². The number of likely N-dealkylation sites (tertiary alicyclic amines) is 1. The van der Waals surface area contributed by atoms with Gasteiger partial charge in [0.15, 0.2) is 0 Å². The van der Waals surface area contributed by atoms with Crippen LogP contribution < -0.4 is 11.3 Å². The highest BCUT2D eigenvalue weighted by Gasteiger charge is 2.33. The molecule has 1 aromatic carbocycles. The van der Waals surface area contributed by atoms with Gasteiger partial charge < -0.3 is 15.6 Å². The molecule has 8 heteroatoms. The number of non-ortho nitro benzene ring substituents is 1. The van der Waals surface area contributed by atoms with Crippen LogP contribution in [0.25, 0.3) is 10.9 Å². The molecule has 2 atom stereocenters. The number of amides is 1. The zero-order valence-electron chi connectivity index (χ0n) is 13.2. The van der Waals surface area contributed by atoms with Crippen molar-refractivity contribution in [2.45, 2.75) is 19.4 Å². The summed E-state index contributed by atoms with van der Waals surface area (Å²) >= 11 is 0. The Kier molecular flexibility index (Phi) is 4.06. The lowest BCUT2D eigenvalue weighted by Gasteiger charge is -2.22. The van der Waals surface area contributed by atoms with Crippen LogP contribution in [0.3, 0.4) is 0 Å². The SMILES string of the molecule is CC1CC(CN)CN1C(=O)c1cc(=O)[nH]c2ccc([N+](=O)[O-])cc12. The van der Waals surface area contributed by atoms with Gasteiger partial charge in [0.25, 0.3) is 11.6 Å². The largest absolute Gasteiger partial charge is 0.336 e. The Hall–Kier alpha value is -2.74. The lowest BCUT2D eigenvalue weighted by Crippen LogP contribution is -2.35. The molecule has 2 aromatic rings. The van der Waals surface area contributed by atoms with E-state index in [2.05, 4.69) is 4.98 Å². The summed E-state index contributed by atoms with van der Waals surface area (Å²) in [5.41, 5.74) is 5.74.